The number of ether oxygens (including phenoxy) is 2. The number of hydrogen-bond donors (Lipinski definition) is 2. The normalized spacial score (nSPS) is 14.4. The van der Waals surface area contributed by atoms with Crippen molar-refractivity contribution >= 4 is 11.6 Å². The van der Waals surface area contributed by atoms with Gasteiger partial charge in [-0.1, -0.05) is 0 Å². The van der Waals surface area contributed by atoms with Crippen molar-refractivity contribution in [3.05, 3.63) is 53.6 Å². The van der Waals surface area contributed by atoms with Crippen LogP contribution in [0.5, 0.6) is 11.5 Å². The van der Waals surface area contributed by atoms with Crippen molar-refractivity contribution in [2.45, 2.75) is 19.5 Å². The van der Waals surface area contributed by atoms with Gasteiger partial charge in [0.1, 0.15) is 6.54 Å². The summed E-state index contributed by atoms with van der Waals surface area (Å²) < 4.78 is 10.7. The highest BCUT2D eigenvalue weighted by atomic mass is 16.7. The molecule has 1 unspecified atom stereocenters. The number of amides is 1. The van der Waals surface area contributed by atoms with Gasteiger partial charge in [-0.15, -0.1) is 0 Å². The van der Waals surface area contributed by atoms with Crippen LogP contribution in [0.4, 0.5) is 5.69 Å². The Morgan fingerprint density at radius 2 is 1.96 bits per heavy atom. The van der Waals surface area contributed by atoms with Crippen molar-refractivity contribution in [3.8, 4) is 17.6 Å². The largest absolute Gasteiger partial charge is 0.454 e. The minimum atomic E-state index is -0.235. The number of fused-ring (bicyclic) bond motifs is 1. The fourth-order valence-corrected chi connectivity index (χ4v) is 2.63. The Balaban J connectivity index is 1.60. The minimum Gasteiger partial charge on any atom is -0.454 e. The third-order valence-electron chi connectivity index (χ3n) is 4.33. The van der Waals surface area contributed by atoms with E-state index >= 15 is 0 Å². The number of nitrogens with zero attached hydrogens (tertiary/aromatic N) is 1. The Morgan fingerprint density at radius 3 is 2.68 bits per heavy atom. The van der Waals surface area contributed by atoms with Crippen LogP contribution < -0.4 is 19.7 Å². The molecule has 2 aromatic carbocycles. The third kappa shape index (κ3) is 3.90. The number of likely N-dealkylation sites (N-methyl/N-ethyl adjacent to an activating group) is 1. The quantitative estimate of drug-likeness (QED) is 0.862. The maximum Gasteiger partial charge on any atom is 0.282 e. The van der Waals surface area contributed by atoms with E-state index < -0.39 is 0 Å². The van der Waals surface area contributed by atoms with E-state index in [1.54, 1.807) is 24.3 Å². The van der Waals surface area contributed by atoms with Crippen LogP contribution in [0.2, 0.25) is 0 Å². The summed E-state index contributed by atoms with van der Waals surface area (Å²) in [5.41, 5.74) is 2.34. The Hall–Kier alpha value is -3.04. The number of carbonyl (C=O) groups is 1. The molecule has 0 radical (unpaired) electrons. The summed E-state index contributed by atoms with van der Waals surface area (Å²) in [7, 11) is 1.98. The molecule has 25 heavy (non-hydrogen) atoms. The van der Waals surface area contributed by atoms with E-state index in [4.69, 9.17) is 14.7 Å². The molecular formula is C19H20N3O3+. The molecule has 128 valence electrons. The van der Waals surface area contributed by atoms with Crippen LogP contribution in [0.1, 0.15) is 18.1 Å². The van der Waals surface area contributed by atoms with E-state index in [0.29, 0.717) is 17.8 Å². The fraction of sp³-hybridized carbons (Fsp3) is 0.263. The zero-order valence-electron chi connectivity index (χ0n) is 14.2. The summed E-state index contributed by atoms with van der Waals surface area (Å²) in [6.07, 6.45) is 0. The molecule has 0 bridgehead atoms. The lowest BCUT2D eigenvalue weighted by atomic mass is 10.1. The van der Waals surface area contributed by atoms with E-state index in [1.165, 1.54) is 0 Å². The highest BCUT2D eigenvalue weighted by Gasteiger charge is 2.23. The van der Waals surface area contributed by atoms with Gasteiger partial charge in [0.05, 0.1) is 18.7 Å². The van der Waals surface area contributed by atoms with Gasteiger partial charge >= 0.3 is 0 Å². The van der Waals surface area contributed by atoms with Crippen molar-refractivity contribution in [1.82, 2.24) is 0 Å². The molecule has 2 atom stereocenters. The van der Waals surface area contributed by atoms with Crippen molar-refractivity contribution in [1.29, 1.82) is 5.26 Å². The number of nitriles is 1. The Kier molecular flexibility index (Phi) is 4.87. The summed E-state index contributed by atoms with van der Waals surface area (Å²) in [5, 5.41) is 11.7. The van der Waals surface area contributed by atoms with Gasteiger partial charge in [-0.3, -0.25) is 4.79 Å². The lowest BCUT2D eigenvalue weighted by Gasteiger charge is -2.21. The van der Waals surface area contributed by atoms with Gasteiger partial charge in [0, 0.05) is 11.3 Å². The molecule has 3 rings (SSSR count). The second kappa shape index (κ2) is 7.24. The molecule has 6 nitrogen and oxygen atoms in total. The van der Waals surface area contributed by atoms with Crippen molar-refractivity contribution in [3.63, 3.8) is 0 Å². The van der Waals surface area contributed by atoms with Crippen LogP contribution in [-0.4, -0.2) is 25.8 Å². The van der Waals surface area contributed by atoms with Crippen molar-refractivity contribution in [2.75, 3.05) is 19.2 Å². The molecule has 2 N–H and O–H groups in total. The number of anilines is 1. The summed E-state index contributed by atoms with van der Waals surface area (Å²) in [6.45, 7) is 2.84. The topological polar surface area (TPSA) is 75.8 Å². The summed E-state index contributed by atoms with van der Waals surface area (Å²) in [6, 6.07) is 14.5. The van der Waals surface area contributed by atoms with Crippen LogP contribution in [-0.2, 0) is 11.3 Å². The molecule has 0 fully saturated rings. The van der Waals surface area contributed by atoms with Gasteiger partial charge in [0.2, 0.25) is 6.79 Å². The summed E-state index contributed by atoms with van der Waals surface area (Å²) in [4.78, 5) is 13.5. The Bertz CT molecular complexity index is 812. The lowest BCUT2D eigenvalue weighted by Crippen LogP contribution is -3.12. The highest BCUT2D eigenvalue weighted by Crippen LogP contribution is 2.32. The molecular weight excluding hydrogens is 318 g/mol. The Labute approximate surface area is 146 Å². The van der Waals surface area contributed by atoms with Gasteiger partial charge in [0.15, 0.2) is 17.5 Å². The number of quaternary nitrogens is 1. The Morgan fingerprint density at radius 1 is 1.24 bits per heavy atom. The highest BCUT2D eigenvalue weighted by molar-refractivity contribution is 5.93. The minimum absolute atomic E-state index is 0.0667. The maximum atomic E-state index is 12.4. The molecule has 0 saturated carbocycles. The van der Waals surface area contributed by atoms with E-state index in [1.807, 2.05) is 32.2 Å². The maximum absolute atomic E-state index is 12.4. The molecule has 1 heterocycles. The van der Waals surface area contributed by atoms with Gasteiger partial charge in [-0.2, -0.15) is 5.26 Å². The van der Waals surface area contributed by atoms with Crippen molar-refractivity contribution < 1.29 is 19.2 Å². The molecule has 0 spiro atoms. The smallest absolute Gasteiger partial charge is 0.282 e. The van der Waals surface area contributed by atoms with Gasteiger partial charge < -0.3 is 19.7 Å². The second-order valence-corrected chi connectivity index (χ2v) is 6.11. The zero-order valence-corrected chi connectivity index (χ0v) is 14.2. The molecule has 0 aromatic heterocycles. The van der Waals surface area contributed by atoms with E-state index in [-0.39, 0.29) is 18.7 Å². The van der Waals surface area contributed by atoms with E-state index in [0.717, 1.165) is 22.0 Å². The molecule has 0 saturated heterocycles. The van der Waals surface area contributed by atoms with Crippen LogP contribution in [0.3, 0.4) is 0 Å². The molecule has 1 aliphatic rings. The lowest BCUT2D eigenvalue weighted by molar-refractivity contribution is -0.907. The van der Waals surface area contributed by atoms with Gasteiger partial charge in [0.25, 0.3) is 5.91 Å². The number of rotatable bonds is 5. The first kappa shape index (κ1) is 16.8. The number of hydrogen-bond acceptors (Lipinski definition) is 4. The first-order chi connectivity index (χ1) is 12.1. The fourth-order valence-electron chi connectivity index (χ4n) is 2.63. The first-order valence-corrected chi connectivity index (χ1v) is 8.08. The van der Waals surface area contributed by atoms with Crippen LogP contribution in [0.25, 0.3) is 0 Å². The monoisotopic (exact) mass is 338 g/mol. The predicted octanol–water partition coefficient (Wildman–Crippen LogP) is 1.33. The number of benzene rings is 2. The standard InChI is InChI=1S/C19H19N3O3/c1-13(19(23)21-16-6-3-14(10-20)4-7-16)22(2)11-15-5-8-17-18(9-15)25-12-24-17/h3-9,13H,11-12H2,1-2H3,(H,21,23)/p+1/t13-/m0/s1. The van der Waals surface area contributed by atoms with Crippen molar-refractivity contribution in [2.24, 2.45) is 0 Å². The predicted molar refractivity (Wildman–Crippen MR) is 92.4 cm³/mol. The van der Waals surface area contributed by atoms with Crippen LogP contribution in [0.15, 0.2) is 42.5 Å². The molecule has 2 aromatic rings. The zero-order chi connectivity index (χ0) is 17.8. The number of carbonyl (C=O) groups excluding carboxylic acids is 1. The molecule has 0 aliphatic carbocycles. The average molecular weight is 338 g/mol. The summed E-state index contributed by atoms with van der Waals surface area (Å²) in [5.74, 6) is 1.44. The van der Waals surface area contributed by atoms with Gasteiger partial charge in [-0.25, -0.2) is 0 Å². The first-order valence-electron chi connectivity index (χ1n) is 8.08. The van der Waals surface area contributed by atoms with Crippen LogP contribution >= 0.6 is 0 Å². The number of nitrogens with one attached hydrogen (secondary N) is 2. The summed E-state index contributed by atoms with van der Waals surface area (Å²) >= 11 is 0. The van der Waals surface area contributed by atoms with E-state index in [2.05, 4.69) is 11.4 Å². The van der Waals surface area contributed by atoms with Gasteiger partial charge in [-0.05, 0) is 49.4 Å². The van der Waals surface area contributed by atoms with Crippen LogP contribution in [0, 0.1) is 11.3 Å². The second-order valence-electron chi connectivity index (χ2n) is 6.11. The van der Waals surface area contributed by atoms with E-state index in [9.17, 15) is 4.79 Å². The molecule has 1 aliphatic heterocycles. The molecule has 6 heteroatoms. The third-order valence-corrected chi connectivity index (χ3v) is 4.33. The SMILES string of the molecule is C[C@@H](C(=O)Nc1ccc(C#N)cc1)[NH+](C)Cc1ccc2c(c1)OCO2. The molecule has 1 amide bonds. The average Bonchev–Trinajstić information content (AvgIpc) is 3.09.